The van der Waals surface area contributed by atoms with Crippen molar-refractivity contribution >= 4 is 12.1 Å². The van der Waals surface area contributed by atoms with Gasteiger partial charge in [0.05, 0.1) is 13.3 Å². The molecule has 2 heterocycles. The van der Waals surface area contributed by atoms with E-state index >= 15 is 0 Å². The summed E-state index contributed by atoms with van der Waals surface area (Å²) in [6, 6.07) is -1.37. The molecule has 5 N–H and O–H groups in total. The van der Waals surface area contributed by atoms with Crippen LogP contribution in [0.25, 0.3) is 0 Å². The zero-order valence-electron chi connectivity index (χ0n) is 8.74. The summed E-state index contributed by atoms with van der Waals surface area (Å²) in [6.07, 6.45) is -4.69. The van der Waals surface area contributed by atoms with Crippen LogP contribution in [-0.4, -0.2) is 70.1 Å². The predicted molar refractivity (Wildman–Crippen MR) is 51.5 cm³/mol. The van der Waals surface area contributed by atoms with Gasteiger partial charge in [-0.1, -0.05) is 0 Å². The number of amides is 4. The van der Waals surface area contributed by atoms with Gasteiger partial charge in [0.25, 0.3) is 0 Å². The summed E-state index contributed by atoms with van der Waals surface area (Å²) in [6.45, 7) is -0.617. The van der Waals surface area contributed by atoms with Gasteiger partial charge in [-0.3, -0.25) is 10.2 Å². The molecule has 0 aromatic heterocycles. The quantitative estimate of drug-likeness (QED) is 0.356. The maximum atomic E-state index is 11.5. The van der Waals surface area contributed by atoms with Crippen LogP contribution in [0.3, 0.4) is 0 Å². The second-order valence-corrected chi connectivity index (χ2v) is 3.79. The zero-order chi connectivity index (χ0) is 12.6. The smallest absolute Gasteiger partial charge is 0.329 e. The van der Waals surface area contributed by atoms with Gasteiger partial charge in [0.1, 0.15) is 18.3 Å². The Hall–Kier alpha value is -1.42. The van der Waals surface area contributed by atoms with E-state index in [0.29, 0.717) is 0 Å². The van der Waals surface area contributed by atoms with E-state index in [9.17, 15) is 19.8 Å². The van der Waals surface area contributed by atoms with Crippen LogP contribution < -0.4 is 10.6 Å². The molecule has 96 valence electrons. The number of urea groups is 2. The molecule has 0 aromatic rings. The lowest BCUT2D eigenvalue weighted by molar-refractivity contribution is -0.0818. The largest absolute Gasteiger partial charge is 0.394 e. The fraction of sp³-hybridized carbons (Fsp3) is 0.750. The number of aliphatic hydroxyl groups is 3. The molecular weight excluding hydrogens is 234 g/mol. The van der Waals surface area contributed by atoms with Gasteiger partial charge in [-0.25, -0.2) is 9.59 Å². The van der Waals surface area contributed by atoms with Crippen LogP contribution in [0.5, 0.6) is 0 Å². The minimum atomic E-state index is -1.34. The Balaban J connectivity index is 2.08. The highest BCUT2D eigenvalue weighted by Crippen LogP contribution is 2.24. The van der Waals surface area contributed by atoms with Crippen molar-refractivity contribution in [3.05, 3.63) is 0 Å². The third-order valence-electron chi connectivity index (χ3n) is 2.72. The molecule has 0 aromatic carbocycles. The number of carbonyl (C=O) groups excluding carboxylic acids is 2. The highest BCUT2D eigenvalue weighted by molar-refractivity contribution is 5.95. The van der Waals surface area contributed by atoms with E-state index in [2.05, 4.69) is 5.32 Å². The van der Waals surface area contributed by atoms with Crippen LogP contribution in [0.2, 0.25) is 0 Å². The Morgan fingerprint density at radius 1 is 1.35 bits per heavy atom. The van der Waals surface area contributed by atoms with Gasteiger partial charge in [0, 0.05) is 0 Å². The van der Waals surface area contributed by atoms with E-state index in [4.69, 9.17) is 9.84 Å². The molecule has 0 bridgehead atoms. The van der Waals surface area contributed by atoms with E-state index in [0.717, 1.165) is 4.90 Å². The summed E-state index contributed by atoms with van der Waals surface area (Å²) >= 11 is 0. The minimum Gasteiger partial charge on any atom is -0.394 e. The van der Waals surface area contributed by atoms with E-state index in [-0.39, 0.29) is 6.67 Å². The van der Waals surface area contributed by atoms with Crippen molar-refractivity contribution in [1.82, 2.24) is 15.5 Å². The first kappa shape index (κ1) is 12.0. The number of carbonyl (C=O) groups is 2. The summed E-state index contributed by atoms with van der Waals surface area (Å²) in [5.41, 5.74) is 0. The second kappa shape index (κ2) is 4.45. The molecule has 0 spiro atoms. The van der Waals surface area contributed by atoms with Crippen molar-refractivity contribution in [3.63, 3.8) is 0 Å². The van der Waals surface area contributed by atoms with Gasteiger partial charge in [0.15, 0.2) is 6.23 Å². The van der Waals surface area contributed by atoms with Crippen molar-refractivity contribution < 1.29 is 29.6 Å². The first-order chi connectivity index (χ1) is 8.04. The van der Waals surface area contributed by atoms with E-state index < -0.39 is 43.2 Å². The van der Waals surface area contributed by atoms with Gasteiger partial charge in [-0.15, -0.1) is 0 Å². The Morgan fingerprint density at radius 2 is 2.06 bits per heavy atom. The van der Waals surface area contributed by atoms with Gasteiger partial charge >= 0.3 is 12.1 Å². The van der Waals surface area contributed by atoms with Crippen molar-refractivity contribution in [2.75, 3.05) is 13.3 Å². The summed E-state index contributed by atoms with van der Waals surface area (Å²) in [7, 11) is 0. The summed E-state index contributed by atoms with van der Waals surface area (Å²) in [4.78, 5) is 23.3. The topological polar surface area (TPSA) is 131 Å². The fourth-order valence-electron chi connectivity index (χ4n) is 1.78. The molecule has 2 aliphatic rings. The highest BCUT2D eigenvalue weighted by atomic mass is 16.6. The first-order valence-electron chi connectivity index (χ1n) is 5.02. The highest BCUT2D eigenvalue weighted by Gasteiger charge is 2.47. The number of aliphatic hydroxyl groups excluding tert-OH is 3. The predicted octanol–water partition coefficient (Wildman–Crippen LogP) is -2.88. The monoisotopic (exact) mass is 247 g/mol. The average Bonchev–Trinajstić information content (AvgIpc) is 2.57. The Bertz CT molecular complexity index is 337. The van der Waals surface area contributed by atoms with Gasteiger partial charge in [-0.2, -0.15) is 0 Å². The number of nitrogens with one attached hydrogen (secondary N) is 2. The maximum absolute atomic E-state index is 11.5. The molecular formula is C8H13N3O6. The molecule has 4 atom stereocenters. The molecule has 0 radical (unpaired) electrons. The molecule has 9 nitrogen and oxygen atoms in total. The number of nitrogens with zero attached hydrogens (tertiary/aromatic N) is 1. The number of rotatable bonds is 2. The molecule has 2 rings (SSSR count). The van der Waals surface area contributed by atoms with Crippen molar-refractivity contribution in [1.29, 1.82) is 0 Å². The summed E-state index contributed by atoms with van der Waals surface area (Å²) in [5.74, 6) is 0. The van der Waals surface area contributed by atoms with Crippen molar-refractivity contribution in [2.24, 2.45) is 0 Å². The molecule has 2 aliphatic heterocycles. The average molecular weight is 247 g/mol. The molecule has 0 aliphatic carbocycles. The first-order valence-corrected chi connectivity index (χ1v) is 5.02. The van der Waals surface area contributed by atoms with Crippen LogP contribution >= 0.6 is 0 Å². The lowest BCUT2D eigenvalue weighted by Gasteiger charge is -2.33. The normalized spacial score (nSPS) is 37.9. The fourth-order valence-corrected chi connectivity index (χ4v) is 1.78. The Morgan fingerprint density at radius 3 is 2.59 bits per heavy atom. The van der Waals surface area contributed by atoms with Gasteiger partial charge in [0.2, 0.25) is 0 Å². The third kappa shape index (κ3) is 2.05. The molecule has 4 amide bonds. The minimum absolute atomic E-state index is 0.142. The SMILES string of the molecule is O=C1NCN(C2OC(CO)C(O)C2O)C(=O)N1. The van der Waals surface area contributed by atoms with E-state index in [1.807, 2.05) is 5.32 Å². The number of imide groups is 1. The summed E-state index contributed by atoms with van der Waals surface area (Å²) < 4.78 is 5.14. The Kier molecular flexibility index (Phi) is 3.15. The van der Waals surface area contributed by atoms with Crippen LogP contribution in [0.15, 0.2) is 0 Å². The lowest BCUT2D eigenvalue weighted by atomic mass is 10.1. The number of ether oxygens (including phenoxy) is 1. The Labute approximate surface area is 96.0 Å². The van der Waals surface area contributed by atoms with Gasteiger partial charge < -0.3 is 25.4 Å². The third-order valence-corrected chi connectivity index (χ3v) is 2.72. The molecule has 0 saturated carbocycles. The molecule has 17 heavy (non-hydrogen) atoms. The van der Waals surface area contributed by atoms with Crippen molar-refractivity contribution in [3.8, 4) is 0 Å². The molecule has 2 fully saturated rings. The van der Waals surface area contributed by atoms with Gasteiger partial charge in [-0.05, 0) is 0 Å². The zero-order valence-corrected chi connectivity index (χ0v) is 8.74. The van der Waals surface area contributed by atoms with Crippen LogP contribution in [0, 0.1) is 0 Å². The molecule has 2 saturated heterocycles. The number of hydrogen-bond acceptors (Lipinski definition) is 6. The standard InChI is InChI=1S/C8H13N3O6/c12-1-3-4(13)5(14)6(17-3)11-2-9-7(15)10-8(11)16/h3-6,12-14H,1-2H2,(H2,9,10,15,16). The second-order valence-electron chi connectivity index (χ2n) is 3.79. The van der Waals surface area contributed by atoms with Crippen LogP contribution in [0.4, 0.5) is 9.59 Å². The lowest BCUT2D eigenvalue weighted by Crippen LogP contribution is -2.62. The van der Waals surface area contributed by atoms with E-state index in [1.165, 1.54) is 0 Å². The summed E-state index contributed by atoms with van der Waals surface area (Å²) in [5, 5.41) is 32.4. The van der Waals surface area contributed by atoms with Crippen molar-refractivity contribution in [2.45, 2.75) is 24.5 Å². The maximum Gasteiger partial charge on any atom is 0.329 e. The van der Waals surface area contributed by atoms with Crippen LogP contribution in [-0.2, 0) is 4.74 Å². The molecule has 4 unspecified atom stereocenters. The number of hydrogen-bond donors (Lipinski definition) is 5. The van der Waals surface area contributed by atoms with E-state index in [1.54, 1.807) is 0 Å². The molecule has 9 heteroatoms. The van der Waals surface area contributed by atoms with Crippen LogP contribution in [0.1, 0.15) is 0 Å².